The van der Waals surface area contributed by atoms with Gasteiger partial charge in [-0.15, -0.1) is 0 Å². The molecular formula is C23H32N4O2. The SMILES string of the molecule is Cc1cccc(-c2noc(CN3CCC(C(=O)NC4CCCCCC4)CC3)n2)c1. The highest BCUT2D eigenvalue weighted by molar-refractivity contribution is 5.79. The third-order valence-corrected chi connectivity index (χ3v) is 6.26. The number of hydrogen-bond acceptors (Lipinski definition) is 5. The first-order valence-corrected chi connectivity index (χ1v) is 11.1. The van der Waals surface area contributed by atoms with Crippen molar-refractivity contribution in [3.05, 3.63) is 35.7 Å². The smallest absolute Gasteiger partial charge is 0.241 e. The summed E-state index contributed by atoms with van der Waals surface area (Å²) in [6.45, 7) is 4.49. The molecule has 6 heteroatoms. The van der Waals surface area contributed by atoms with Gasteiger partial charge in [-0.1, -0.05) is 54.6 Å². The molecule has 2 aromatic rings. The van der Waals surface area contributed by atoms with Crippen LogP contribution in [-0.2, 0) is 11.3 Å². The number of piperidine rings is 1. The van der Waals surface area contributed by atoms with Gasteiger partial charge in [0.15, 0.2) is 0 Å². The summed E-state index contributed by atoms with van der Waals surface area (Å²) in [5.41, 5.74) is 2.16. The Balaban J connectivity index is 1.25. The van der Waals surface area contributed by atoms with Crippen molar-refractivity contribution in [2.45, 2.75) is 70.9 Å². The summed E-state index contributed by atoms with van der Waals surface area (Å²) in [6, 6.07) is 8.51. The van der Waals surface area contributed by atoms with Crippen LogP contribution in [0.5, 0.6) is 0 Å². The zero-order chi connectivity index (χ0) is 20.1. The van der Waals surface area contributed by atoms with Gasteiger partial charge in [0.05, 0.1) is 6.54 Å². The van der Waals surface area contributed by atoms with Crippen LogP contribution in [0.3, 0.4) is 0 Å². The van der Waals surface area contributed by atoms with Gasteiger partial charge < -0.3 is 9.84 Å². The van der Waals surface area contributed by atoms with Crippen LogP contribution in [0, 0.1) is 12.8 Å². The lowest BCUT2D eigenvalue weighted by Gasteiger charge is -2.31. The number of nitrogens with zero attached hydrogens (tertiary/aromatic N) is 3. The van der Waals surface area contributed by atoms with Gasteiger partial charge in [-0.25, -0.2) is 0 Å². The van der Waals surface area contributed by atoms with Gasteiger partial charge in [0, 0.05) is 17.5 Å². The number of rotatable bonds is 5. The number of aryl methyl sites for hydroxylation is 1. The van der Waals surface area contributed by atoms with Crippen LogP contribution in [0.2, 0.25) is 0 Å². The van der Waals surface area contributed by atoms with E-state index < -0.39 is 0 Å². The minimum Gasteiger partial charge on any atom is -0.353 e. The zero-order valence-corrected chi connectivity index (χ0v) is 17.4. The van der Waals surface area contributed by atoms with E-state index in [-0.39, 0.29) is 11.8 Å². The molecular weight excluding hydrogens is 364 g/mol. The molecule has 29 heavy (non-hydrogen) atoms. The first-order chi connectivity index (χ1) is 14.2. The molecule has 1 aromatic carbocycles. The van der Waals surface area contributed by atoms with E-state index in [4.69, 9.17) is 4.52 Å². The van der Waals surface area contributed by atoms with Crippen molar-refractivity contribution >= 4 is 5.91 Å². The summed E-state index contributed by atoms with van der Waals surface area (Å²) in [4.78, 5) is 19.5. The molecule has 2 fully saturated rings. The first kappa shape index (κ1) is 20.1. The first-order valence-electron chi connectivity index (χ1n) is 11.1. The highest BCUT2D eigenvalue weighted by Crippen LogP contribution is 2.23. The molecule has 2 heterocycles. The molecule has 1 aliphatic carbocycles. The van der Waals surface area contributed by atoms with Crippen LogP contribution in [0.25, 0.3) is 11.4 Å². The molecule has 1 aromatic heterocycles. The highest BCUT2D eigenvalue weighted by Gasteiger charge is 2.27. The van der Waals surface area contributed by atoms with Crippen molar-refractivity contribution in [3.63, 3.8) is 0 Å². The van der Waals surface area contributed by atoms with Crippen LogP contribution in [-0.4, -0.2) is 40.1 Å². The van der Waals surface area contributed by atoms with Crippen molar-refractivity contribution in [1.29, 1.82) is 0 Å². The number of nitrogens with one attached hydrogen (secondary N) is 1. The molecule has 1 aliphatic heterocycles. The van der Waals surface area contributed by atoms with Crippen molar-refractivity contribution in [2.75, 3.05) is 13.1 Å². The lowest BCUT2D eigenvalue weighted by molar-refractivity contribution is -0.127. The predicted octanol–water partition coefficient (Wildman–Crippen LogP) is 4.10. The van der Waals surface area contributed by atoms with Gasteiger partial charge in [-0.05, 0) is 51.8 Å². The summed E-state index contributed by atoms with van der Waals surface area (Å²) in [5, 5.41) is 7.45. The van der Waals surface area contributed by atoms with Gasteiger partial charge in [-0.3, -0.25) is 9.69 Å². The normalized spacial score (nSPS) is 19.8. The molecule has 4 rings (SSSR count). The lowest BCUT2D eigenvalue weighted by atomic mass is 9.95. The Hall–Kier alpha value is -2.21. The maximum atomic E-state index is 12.7. The van der Waals surface area contributed by atoms with Gasteiger partial charge in [0.2, 0.25) is 17.6 Å². The fraction of sp³-hybridized carbons (Fsp3) is 0.609. The summed E-state index contributed by atoms with van der Waals surface area (Å²) >= 11 is 0. The molecule has 156 valence electrons. The molecule has 6 nitrogen and oxygen atoms in total. The van der Waals surface area contributed by atoms with Crippen molar-refractivity contribution in [2.24, 2.45) is 5.92 Å². The van der Waals surface area contributed by atoms with Gasteiger partial charge in [-0.2, -0.15) is 4.98 Å². The number of benzene rings is 1. The summed E-state index contributed by atoms with van der Waals surface area (Å²) < 4.78 is 5.47. The van der Waals surface area contributed by atoms with Gasteiger partial charge >= 0.3 is 0 Å². The van der Waals surface area contributed by atoms with E-state index in [1.165, 1.54) is 31.2 Å². The summed E-state index contributed by atoms with van der Waals surface area (Å²) in [7, 11) is 0. The largest absolute Gasteiger partial charge is 0.353 e. The lowest BCUT2D eigenvalue weighted by Crippen LogP contribution is -2.43. The Morgan fingerprint density at radius 3 is 2.62 bits per heavy atom. The van der Waals surface area contributed by atoms with E-state index >= 15 is 0 Å². The second-order valence-corrected chi connectivity index (χ2v) is 8.63. The molecule has 1 saturated carbocycles. The Kier molecular flexibility index (Phi) is 6.60. The molecule has 1 N–H and O–H groups in total. The van der Waals surface area contributed by atoms with Gasteiger partial charge in [0.1, 0.15) is 0 Å². The summed E-state index contributed by atoms with van der Waals surface area (Å²) in [6.07, 6.45) is 9.21. The van der Waals surface area contributed by atoms with Crippen LogP contribution >= 0.6 is 0 Å². The molecule has 2 aliphatic rings. The molecule has 0 bridgehead atoms. The Morgan fingerprint density at radius 2 is 1.90 bits per heavy atom. The number of hydrogen-bond donors (Lipinski definition) is 1. The molecule has 1 saturated heterocycles. The van der Waals surface area contributed by atoms with E-state index in [1.807, 2.05) is 12.1 Å². The molecule has 1 amide bonds. The fourth-order valence-electron chi connectivity index (χ4n) is 4.51. The fourth-order valence-corrected chi connectivity index (χ4v) is 4.51. The monoisotopic (exact) mass is 396 g/mol. The Morgan fingerprint density at radius 1 is 1.14 bits per heavy atom. The molecule has 0 atom stereocenters. The number of likely N-dealkylation sites (tertiary alicyclic amines) is 1. The van der Waals surface area contributed by atoms with E-state index in [1.54, 1.807) is 0 Å². The average Bonchev–Trinajstić information content (AvgIpc) is 3.04. The second kappa shape index (κ2) is 9.53. The quantitative estimate of drug-likeness (QED) is 0.771. The average molecular weight is 397 g/mol. The van der Waals surface area contributed by atoms with Crippen LogP contribution < -0.4 is 5.32 Å². The minimum absolute atomic E-state index is 0.139. The molecule has 0 spiro atoms. The Labute approximate surface area is 173 Å². The molecule has 0 radical (unpaired) electrons. The number of carbonyl (C=O) groups is 1. The van der Waals surface area contributed by atoms with Crippen LogP contribution in [0.15, 0.2) is 28.8 Å². The third-order valence-electron chi connectivity index (χ3n) is 6.26. The standard InChI is InChI=1S/C23H32N4O2/c1-17-7-6-8-19(15-17)22-25-21(29-26-22)16-27-13-11-18(12-14-27)23(28)24-20-9-4-2-3-5-10-20/h6-8,15,18,20H,2-5,9-14,16H2,1H3,(H,24,28). The van der Waals surface area contributed by atoms with E-state index in [0.717, 1.165) is 44.3 Å². The maximum Gasteiger partial charge on any atom is 0.241 e. The van der Waals surface area contributed by atoms with Crippen molar-refractivity contribution < 1.29 is 9.32 Å². The summed E-state index contributed by atoms with van der Waals surface area (Å²) in [5.74, 6) is 1.68. The number of aromatic nitrogens is 2. The Bertz CT molecular complexity index is 803. The number of amides is 1. The van der Waals surface area contributed by atoms with E-state index in [2.05, 4.69) is 39.4 Å². The van der Waals surface area contributed by atoms with E-state index in [9.17, 15) is 4.79 Å². The third kappa shape index (κ3) is 5.44. The number of carbonyl (C=O) groups excluding carboxylic acids is 1. The van der Waals surface area contributed by atoms with Gasteiger partial charge in [0.25, 0.3) is 0 Å². The van der Waals surface area contributed by atoms with Crippen molar-refractivity contribution in [1.82, 2.24) is 20.4 Å². The minimum atomic E-state index is 0.139. The topological polar surface area (TPSA) is 71.3 Å². The van der Waals surface area contributed by atoms with E-state index in [0.29, 0.717) is 24.3 Å². The second-order valence-electron chi connectivity index (χ2n) is 8.63. The van der Waals surface area contributed by atoms with Crippen LogP contribution in [0.1, 0.15) is 62.8 Å². The van der Waals surface area contributed by atoms with Crippen LogP contribution in [0.4, 0.5) is 0 Å². The maximum absolute atomic E-state index is 12.7. The zero-order valence-electron chi connectivity index (χ0n) is 17.4. The molecule has 0 unspecified atom stereocenters. The predicted molar refractivity (Wildman–Crippen MR) is 112 cm³/mol. The van der Waals surface area contributed by atoms with Crippen molar-refractivity contribution in [3.8, 4) is 11.4 Å². The highest BCUT2D eigenvalue weighted by atomic mass is 16.5.